The molecule has 0 aliphatic carbocycles. The minimum Gasteiger partial charge on any atom is -0.397 e. The summed E-state index contributed by atoms with van der Waals surface area (Å²) in [7, 11) is 2.22. The molecule has 1 aromatic carbocycles. The number of urea groups is 2. The van der Waals surface area contributed by atoms with Crippen molar-refractivity contribution in [2.45, 2.75) is 75.2 Å². The Bertz CT molecular complexity index is 1590. The number of rotatable bonds is 6. The number of piperazine rings is 1. The third-order valence-corrected chi connectivity index (χ3v) is 12.3. The van der Waals surface area contributed by atoms with Crippen LogP contribution in [0.3, 0.4) is 0 Å². The largest absolute Gasteiger partial charge is 0.397 e. The van der Waals surface area contributed by atoms with Crippen LogP contribution in [0.4, 0.5) is 21.0 Å². The molecule has 1 aromatic heterocycles. The lowest BCUT2D eigenvalue weighted by Crippen LogP contribution is -2.58. The molecule has 13 heteroatoms. The predicted octanol–water partition coefficient (Wildman–Crippen LogP) is 3.52. The van der Waals surface area contributed by atoms with E-state index in [-0.39, 0.29) is 30.4 Å². The standard InChI is InChI=1S/C35H45ClN8O3S/c1-3-23-14-22(15-29(36)32(23)37)16-30(33(45)41-9-5-26(6-10-41)44-19-27-17-28(44)18-40(27)2)38-34(46)42-11-7-25(8-12-42)43-13-4-24-20-48-21-31(24)39-35(43)47/h1,14-15,20-21,25-28,30H,4-13,16-19,37H2,2H3,(H,38,46)(H,39,47)/t27?,28?,30-/m1/s1. The number of nitrogens with zero attached hydrogens (tertiary/aromatic N) is 5. The monoisotopic (exact) mass is 692 g/mol. The first-order valence-corrected chi connectivity index (χ1v) is 18.5. The van der Waals surface area contributed by atoms with Crippen molar-refractivity contribution in [3.05, 3.63) is 44.6 Å². The van der Waals surface area contributed by atoms with Gasteiger partial charge in [0.25, 0.3) is 0 Å². The summed E-state index contributed by atoms with van der Waals surface area (Å²) in [6, 6.07) is 4.15. The number of fused-ring (bicyclic) bond motifs is 3. The van der Waals surface area contributed by atoms with Gasteiger partial charge in [0, 0.05) is 87.3 Å². The molecule has 0 spiro atoms. The van der Waals surface area contributed by atoms with Crippen molar-refractivity contribution in [3.63, 3.8) is 0 Å². The third-order valence-electron chi connectivity index (χ3n) is 11.2. The van der Waals surface area contributed by atoms with Crippen LogP contribution in [0.5, 0.6) is 0 Å². The van der Waals surface area contributed by atoms with Crippen molar-refractivity contribution >= 4 is 52.3 Å². The molecule has 256 valence electrons. The second kappa shape index (κ2) is 13.8. The Labute approximate surface area is 291 Å². The topological polar surface area (TPSA) is 117 Å². The molecule has 7 rings (SSSR count). The molecule has 11 nitrogen and oxygen atoms in total. The molecule has 48 heavy (non-hydrogen) atoms. The van der Waals surface area contributed by atoms with Crippen LogP contribution < -0.4 is 16.4 Å². The van der Waals surface area contributed by atoms with E-state index >= 15 is 0 Å². The number of likely N-dealkylation sites (N-methyl/N-ethyl adjacent to an activating group) is 1. The molecular formula is C35H45ClN8O3S. The zero-order chi connectivity index (χ0) is 33.5. The number of nitrogen functional groups attached to an aromatic ring is 1. The Morgan fingerprint density at radius 2 is 1.77 bits per heavy atom. The van der Waals surface area contributed by atoms with Gasteiger partial charge in [0.05, 0.1) is 16.4 Å². The number of piperidine rings is 2. The summed E-state index contributed by atoms with van der Waals surface area (Å²) >= 11 is 8.02. The van der Waals surface area contributed by atoms with E-state index in [1.807, 2.05) is 15.2 Å². The highest BCUT2D eigenvalue weighted by Gasteiger charge is 2.45. The minimum atomic E-state index is -0.788. The van der Waals surface area contributed by atoms with Crippen molar-refractivity contribution < 1.29 is 14.4 Å². The van der Waals surface area contributed by atoms with E-state index in [2.05, 4.69) is 38.8 Å². The fourth-order valence-corrected chi connectivity index (χ4v) is 9.52. The van der Waals surface area contributed by atoms with Gasteiger partial charge in [-0.1, -0.05) is 17.5 Å². The minimum absolute atomic E-state index is 0.0470. The molecular weight excluding hydrogens is 648 g/mol. The number of hydrogen-bond acceptors (Lipinski definition) is 7. The van der Waals surface area contributed by atoms with Gasteiger partial charge in [-0.3, -0.25) is 9.69 Å². The van der Waals surface area contributed by atoms with Crippen LogP contribution in [-0.2, 0) is 17.6 Å². The van der Waals surface area contributed by atoms with E-state index in [9.17, 15) is 14.4 Å². The highest BCUT2D eigenvalue weighted by molar-refractivity contribution is 7.08. The maximum absolute atomic E-state index is 14.1. The Balaban J connectivity index is 0.995. The van der Waals surface area contributed by atoms with Gasteiger partial charge in [-0.25, -0.2) is 9.59 Å². The van der Waals surface area contributed by atoms with Gasteiger partial charge in [0.15, 0.2) is 0 Å². The summed E-state index contributed by atoms with van der Waals surface area (Å²) < 4.78 is 0. The number of carbonyl (C=O) groups excluding carboxylic acids is 3. The Hall–Kier alpha value is -3.50. The summed E-state index contributed by atoms with van der Waals surface area (Å²) in [5.41, 5.74) is 9.69. The second-order valence-electron chi connectivity index (χ2n) is 14.0. The number of hydrogen-bond donors (Lipinski definition) is 3. The van der Waals surface area contributed by atoms with Crippen LogP contribution in [0, 0.1) is 12.3 Å². The molecule has 6 heterocycles. The maximum atomic E-state index is 14.1. The highest BCUT2D eigenvalue weighted by atomic mass is 35.5. The Kier molecular flexibility index (Phi) is 9.48. The molecule has 2 aromatic rings. The zero-order valence-electron chi connectivity index (χ0n) is 27.5. The van der Waals surface area contributed by atoms with Crippen LogP contribution in [0.2, 0.25) is 5.02 Å². The lowest BCUT2D eigenvalue weighted by atomic mass is 9.98. The lowest BCUT2D eigenvalue weighted by Gasteiger charge is -2.42. The molecule has 0 radical (unpaired) electrons. The average Bonchev–Trinajstić information content (AvgIpc) is 3.79. The number of nitrogens with two attached hydrogens (primary N) is 1. The lowest BCUT2D eigenvalue weighted by molar-refractivity contribution is -0.135. The van der Waals surface area contributed by atoms with Crippen molar-refractivity contribution in [2.24, 2.45) is 0 Å². The van der Waals surface area contributed by atoms with Crippen LogP contribution >= 0.6 is 22.9 Å². The molecule has 4 fully saturated rings. The molecule has 0 saturated carbocycles. The second-order valence-corrected chi connectivity index (χ2v) is 15.2. The van der Waals surface area contributed by atoms with Gasteiger partial charge >= 0.3 is 12.1 Å². The fourth-order valence-electron chi connectivity index (χ4n) is 8.45. The van der Waals surface area contributed by atoms with E-state index in [1.54, 1.807) is 28.4 Å². The van der Waals surface area contributed by atoms with Crippen molar-refractivity contribution in [1.82, 2.24) is 29.8 Å². The summed E-state index contributed by atoms with van der Waals surface area (Å²) in [6.45, 7) is 5.20. The van der Waals surface area contributed by atoms with E-state index in [1.165, 1.54) is 12.0 Å². The van der Waals surface area contributed by atoms with Crippen LogP contribution in [0.15, 0.2) is 22.9 Å². The number of amides is 5. The van der Waals surface area contributed by atoms with Gasteiger partial charge in [-0.15, -0.1) is 17.8 Å². The fraction of sp³-hybridized carbons (Fsp3) is 0.571. The summed E-state index contributed by atoms with van der Waals surface area (Å²) in [5, 5.41) is 10.5. The number of anilines is 2. The SMILES string of the molecule is C#Cc1cc(C[C@@H](NC(=O)N2CCC(N3CCc4cscc4NC3=O)CC2)C(=O)N2CCC(N3CC4CC3CN4C)CC2)cc(Cl)c1N. The smallest absolute Gasteiger partial charge is 0.322 e. The van der Waals surface area contributed by atoms with E-state index in [4.69, 9.17) is 23.8 Å². The summed E-state index contributed by atoms with van der Waals surface area (Å²) in [4.78, 5) is 51.6. The molecule has 5 aliphatic heterocycles. The Morgan fingerprint density at radius 3 is 2.46 bits per heavy atom. The maximum Gasteiger partial charge on any atom is 0.322 e. The first kappa shape index (κ1) is 33.0. The quantitative estimate of drug-likeness (QED) is 0.315. The summed E-state index contributed by atoms with van der Waals surface area (Å²) in [5.74, 6) is 2.49. The van der Waals surface area contributed by atoms with E-state index < -0.39 is 6.04 Å². The number of terminal acetylenes is 1. The van der Waals surface area contributed by atoms with E-state index in [0.717, 1.165) is 43.6 Å². The van der Waals surface area contributed by atoms with Crippen LogP contribution in [-0.4, -0.2) is 126 Å². The molecule has 4 saturated heterocycles. The molecule has 3 atom stereocenters. The number of benzene rings is 1. The molecule has 5 aliphatic rings. The molecule has 5 amide bonds. The Morgan fingerprint density at radius 1 is 1.04 bits per heavy atom. The molecule has 2 bridgehead atoms. The zero-order valence-corrected chi connectivity index (χ0v) is 29.1. The van der Waals surface area contributed by atoms with Gasteiger partial charge < -0.3 is 36.0 Å². The van der Waals surface area contributed by atoms with Crippen LogP contribution in [0.1, 0.15) is 48.8 Å². The number of likely N-dealkylation sites (tertiary alicyclic amines) is 4. The van der Waals surface area contributed by atoms with Crippen molar-refractivity contribution in [1.29, 1.82) is 0 Å². The average molecular weight is 693 g/mol. The third kappa shape index (κ3) is 6.58. The number of nitrogens with one attached hydrogen (secondary N) is 2. The van der Waals surface area contributed by atoms with Crippen molar-refractivity contribution in [2.75, 3.05) is 63.9 Å². The van der Waals surface area contributed by atoms with Gasteiger partial charge in [-0.05, 0) is 74.2 Å². The first-order valence-electron chi connectivity index (χ1n) is 17.2. The van der Waals surface area contributed by atoms with Crippen molar-refractivity contribution in [3.8, 4) is 12.3 Å². The molecule has 4 N–H and O–H groups in total. The number of halogens is 1. The van der Waals surface area contributed by atoms with Gasteiger partial charge in [0.2, 0.25) is 5.91 Å². The van der Waals surface area contributed by atoms with Crippen LogP contribution in [0.25, 0.3) is 0 Å². The van der Waals surface area contributed by atoms with E-state index in [0.29, 0.717) is 80.0 Å². The predicted molar refractivity (Wildman–Crippen MR) is 189 cm³/mol. The first-order chi connectivity index (χ1) is 23.2. The number of thiophene rings is 1. The normalized spacial score (nSPS) is 24.6. The van der Waals surface area contributed by atoms with Gasteiger partial charge in [-0.2, -0.15) is 0 Å². The molecule has 2 unspecified atom stereocenters. The summed E-state index contributed by atoms with van der Waals surface area (Å²) in [6.07, 6.45) is 11.2. The van der Waals surface area contributed by atoms with Gasteiger partial charge in [0.1, 0.15) is 6.04 Å². The highest BCUT2D eigenvalue weighted by Crippen LogP contribution is 2.34. The number of carbonyl (C=O) groups is 3.